The van der Waals surface area contributed by atoms with Crippen molar-refractivity contribution in [1.82, 2.24) is 0 Å². The first kappa shape index (κ1) is 17.3. The first-order valence-electron chi connectivity index (χ1n) is 8.24. The maximum Gasteiger partial charge on any atom is 0.119 e. The van der Waals surface area contributed by atoms with Gasteiger partial charge in [0, 0.05) is 14.2 Å². The molecule has 0 heterocycles. The Kier molecular flexibility index (Phi) is 6.68. The lowest BCUT2D eigenvalue weighted by atomic mass is 9.85. The van der Waals surface area contributed by atoms with Crippen LogP contribution in [0.5, 0.6) is 5.75 Å². The molecule has 22 heavy (non-hydrogen) atoms. The van der Waals surface area contributed by atoms with Crippen molar-refractivity contribution in [1.29, 1.82) is 0 Å². The predicted molar refractivity (Wildman–Crippen MR) is 88.2 cm³/mol. The number of rotatable bonds is 8. The van der Waals surface area contributed by atoms with Crippen molar-refractivity contribution in [2.24, 2.45) is 5.73 Å². The molecule has 1 unspecified atom stereocenters. The standard InChI is InChI=1S/C18H29NO3/c1-20-17(9-12-19)15-7-6-8-16(13-15)22-14-18(21-2)10-4-3-5-11-18/h6-8,13,17H,3-5,9-12,14,19H2,1-2H3. The van der Waals surface area contributed by atoms with E-state index in [4.69, 9.17) is 19.9 Å². The fraction of sp³-hybridized carbons (Fsp3) is 0.667. The van der Waals surface area contributed by atoms with Crippen molar-refractivity contribution in [3.8, 4) is 5.75 Å². The molecule has 2 rings (SSSR count). The quantitative estimate of drug-likeness (QED) is 0.799. The smallest absolute Gasteiger partial charge is 0.119 e. The zero-order valence-corrected chi connectivity index (χ0v) is 13.8. The molecule has 1 atom stereocenters. The van der Waals surface area contributed by atoms with Gasteiger partial charge in [0.1, 0.15) is 18.0 Å². The molecule has 2 N–H and O–H groups in total. The Morgan fingerprint density at radius 2 is 1.95 bits per heavy atom. The summed E-state index contributed by atoms with van der Waals surface area (Å²) in [6.45, 7) is 1.22. The second-order valence-electron chi connectivity index (χ2n) is 6.11. The third-order valence-corrected chi connectivity index (χ3v) is 4.64. The molecule has 1 fully saturated rings. The van der Waals surface area contributed by atoms with Crippen LogP contribution in [0, 0.1) is 0 Å². The van der Waals surface area contributed by atoms with Gasteiger partial charge in [-0.05, 0) is 43.5 Å². The van der Waals surface area contributed by atoms with Gasteiger partial charge >= 0.3 is 0 Å². The molecule has 0 spiro atoms. The number of benzene rings is 1. The summed E-state index contributed by atoms with van der Waals surface area (Å²) >= 11 is 0. The SMILES string of the molecule is COC(CCN)c1cccc(OCC2(OC)CCCCC2)c1. The fourth-order valence-electron chi connectivity index (χ4n) is 3.19. The van der Waals surface area contributed by atoms with Crippen molar-refractivity contribution in [3.05, 3.63) is 29.8 Å². The average molecular weight is 307 g/mol. The van der Waals surface area contributed by atoms with Crippen LogP contribution in [0.15, 0.2) is 24.3 Å². The van der Waals surface area contributed by atoms with E-state index in [0.29, 0.717) is 13.2 Å². The number of ether oxygens (including phenoxy) is 3. The van der Waals surface area contributed by atoms with Crippen molar-refractivity contribution in [2.75, 3.05) is 27.4 Å². The molecule has 0 radical (unpaired) electrons. The monoisotopic (exact) mass is 307 g/mol. The van der Waals surface area contributed by atoms with E-state index in [2.05, 4.69) is 12.1 Å². The van der Waals surface area contributed by atoms with Gasteiger partial charge in [-0.1, -0.05) is 31.4 Å². The van der Waals surface area contributed by atoms with E-state index >= 15 is 0 Å². The molecule has 1 saturated carbocycles. The first-order valence-corrected chi connectivity index (χ1v) is 8.24. The number of hydrogen-bond acceptors (Lipinski definition) is 4. The average Bonchev–Trinajstić information content (AvgIpc) is 2.59. The molecule has 1 aliphatic carbocycles. The molecule has 4 nitrogen and oxygen atoms in total. The first-order chi connectivity index (χ1) is 10.7. The molecule has 1 aliphatic rings. The molecular formula is C18H29NO3. The van der Waals surface area contributed by atoms with Crippen molar-refractivity contribution < 1.29 is 14.2 Å². The lowest BCUT2D eigenvalue weighted by molar-refractivity contribution is -0.0687. The molecule has 0 aromatic heterocycles. The van der Waals surface area contributed by atoms with Crippen molar-refractivity contribution in [3.63, 3.8) is 0 Å². The number of methoxy groups -OCH3 is 2. The van der Waals surface area contributed by atoms with Gasteiger partial charge in [0.2, 0.25) is 0 Å². The van der Waals surface area contributed by atoms with Gasteiger partial charge in [0.25, 0.3) is 0 Å². The Labute approximate surface area is 133 Å². The summed E-state index contributed by atoms with van der Waals surface area (Å²) in [6.07, 6.45) is 6.74. The highest BCUT2D eigenvalue weighted by atomic mass is 16.5. The zero-order valence-electron chi connectivity index (χ0n) is 13.8. The highest BCUT2D eigenvalue weighted by Gasteiger charge is 2.32. The minimum Gasteiger partial charge on any atom is -0.491 e. The Hall–Kier alpha value is -1.10. The molecule has 0 saturated heterocycles. The molecule has 124 valence electrons. The molecule has 1 aromatic rings. The summed E-state index contributed by atoms with van der Waals surface area (Å²) in [7, 11) is 3.52. The largest absolute Gasteiger partial charge is 0.491 e. The van der Waals surface area contributed by atoms with Gasteiger partial charge in [-0.15, -0.1) is 0 Å². The number of hydrogen-bond donors (Lipinski definition) is 1. The van der Waals surface area contributed by atoms with Crippen LogP contribution in [0.4, 0.5) is 0 Å². The summed E-state index contributed by atoms with van der Waals surface area (Å²) in [5.74, 6) is 0.874. The minimum atomic E-state index is -0.119. The van der Waals surface area contributed by atoms with Crippen molar-refractivity contribution in [2.45, 2.75) is 50.2 Å². The van der Waals surface area contributed by atoms with Crippen LogP contribution in [-0.4, -0.2) is 33.0 Å². The Morgan fingerprint density at radius 1 is 1.18 bits per heavy atom. The third-order valence-electron chi connectivity index (χ3n) is 4.64. The Balaban J connectivity index is 2.00. The minimum absolute atomic E-state index is 0.0274. The Morgan fingerprint density at radius 3 is 2.59 bits per heavy atom. The highest BCUT2D eigenvalue weighted by molar-refractivity contribution is 5.30. The van der Waals surface area contributed by atoms with E-state index in [-0.39, 0.29) is 11.7 Å². The van der Waals surface area contributed by atoms with Gasteiger partial charge < -0.3 is 19.9 Å². The molecule has 0 bridgehead atoms. The van der Waals surface area contributed by atoms with Crippen LogP contribution in [-0.2, 0) is 9.47 Å². The van der Waals surface area contributed by atoms with Crippen LogP contribution in [0.1, 0.15) is 50.2 Å². The van der Waals surface area contributed by atoms with Gasteiger partial charge in [-0.25, -0.2) is 0 Å². The van der Waals surface area contributed by atoms with Gasteiger partial charge in [-0.3, -0.25) is 0 Å². The highest BCUT2D eigenvalue weighted by Crippen LogP contribution is 2.32. The molecule has 4 heteroatoms. The number of nitrogens with two attached hydrogens (primary N) is 1. The summed E-state index contributed by atoms with van der Waals surface area (Å²) < 4.78 is 17.3. The van der Waals surface area contributed by atoms with E-state index in [0.717, 1.165) is 30.6 Å². The van der Waals surface area contributed by atoms with Gasteiger partial charge in [-0.2, -0.15) is 0 Å². The topological polar surface area (TPSA) is 53.7 Å². The van der Waals surface area contributed by atoms with Crippen LogP contribution in [0.3, 0.4) is 0 Å². The molecule has 1 aromatic carbocycles. The normalized spacial score (nSPS) is 18.9. The Bertz CT molecular complexity index is 444. The van der Waals surface area contributed by atoms with E-state index in [1.165, 1.54) is 19.3 Å². The van der Waals surface area contributed by atoms with E-state index in [1.807, 2.05) is 12.1 Å². The fourth-order valence-corrected chi connectivity index (χ4v) is 3.19. The molecular weight excluding hydrogens is 278 g/mol. The zero-order chi connectivity index (χ0) is 15.8. The van der Waals surface area contributed by atoms with Crippen LogP contribution in [0.25, 0.3) is 0 Å². The predicted octanol–water partition coefficient (Wildman–Crippen LogP) is 3.45. The summed E-state index contributed by atoms with van der Waals surface area (Å²) in [5, 5.41) is 0. The summed E-state index contributed by atoms with van der Waals surface area (Å²) in [6, 6.07) is 8.11. The second kappa shape index (κ2) is 8.51. The maximum absolute atomic E-state index is 6.04. The lowest BCUT2D eigenvalue weighted by Gasteiger charge is -2.35. The lowest BCUT2D eigenvalue weighted by Crippen LogP contribution is -2.40. The van der Waals surface area contributed by atoms with E-state index < -0.39 is 0 Å². The van der Waals surface area contributed by atoms with Crippen LogP contribution in [0.2, 0.25) is 0 Å². The summed E-state index contributed by atoms with van der Waals surface area (Å²) in [5.41, 5.74) is 6.64. The maximum atomic E-state index is 6.04. The van der Waals surface area contributed by atoms with E-state index in [1.54, 1.807) is 14.2 Å². The van der Waals surface area contributed by atoms with Gasteiger partial charge in [0.05, 0.1) is 6.10 Å². The summed E-state index contributed by atoms with van der Waals surface area (Å²) in [4.78, 5) is 0. The van der Waals surface area contributed by atoms with Crippen LogP contribution < -0.4 is 10.5 Å². The van der Waals surface area contributed by atoms with E-state index in [9.17, 15) is 0 Å². The van der Waals surface area contributed by atoms with Gasteiger partial charge in [0.15, 0.2) is 0 Å². The van der Waals surface area contributed by atoms with Crippen molar-refractivity contribution >= 4 is 0 Å². The second-order valence-corrected chi connectivity index (χ2v) is 6.11. The third kappa shape index (κ3) is 4.45. The molecule has 0 amide bonds. The van der Waals surface area contributed by atoms with Crippen LogP contribution >= 0.6 is 0 Å². The molecule has 0 aliphatic heterocycles.